The Morgan fingerprint density at radius 3 is 2.50 bits per heavy atom. The number of hydrogen-bond acceptors (Lipinski definition) is 4. The summed E-state index contributed by atoms with van der Waals surface area (Å²) in [7, 11) is 1.67. The van der Waals surface area contributed by atoms with Crippen molar-refractivity contribution >= 4 is 11.9 Å². The second kappa shape index (κ2) is 13.0. The van der Waals surface area contributed by atoms with Crippen molar-refractivity contribution in [3.05, 3.63) is 23.8 Å². The quantitative estimate of drug-likeness (QED) is 0.426. The van der Waals surface area contributed by atoms with E-state index >= 15 is 0 Å². The maximum Gasteiger partial charge on any atom is 0.224 e. The summed E-state index contributed by atoms with van der Waals surface area (Å²) in [6.07, 6.45) is 5.45. The van der Waals surface area contributed by atoms with E-state index in [-0.39, 0.29) is 5.91 Å². The molecular weight excluding hydrogens is 380 g/mol. The first-order chi connectivity index (χ1) is 14.6. The van der Waals surface area contributed by atoms with Gasteiger partial charge in [0.2, 0.25) is 5.91 Å². The molecule has 1 saturated carbocycles. The van der Waals surface area contributed by atoms with E-state index < -0.39 is 0 Å². The first kappa shape index (κ1) is 23.8. The third kappa shape index (κ3) is 7.43. The van der Waals surface area contributed by atoms with Crippen LogP contribution in [-0.4, -0.2) is 56.2 Å². The SMILES string of the molecule is CCNC(=NCc1ccc(OC2CCCC2)c(OC)c1)NCCC(=O)N(CC)CC. The van der Waals surface area contributed by atoms with Crippen LogP contribution in [0.25, 0.3) is 0 Å². The lowest BCUT2D eigenvalue weighted by molar-refractivity contribution is -0.130. The Kier molecular flexibility index (Phi) is 10.3. The van der Waals surface area contributed by atoms with Gasteiger partial charge in [-0.2, -0.15) is 0 Å². The van der Waals surface area contributed by atoms with Crippen LogP contribution in [0.2, 0.25) is 0 Å². The van der Waals surface area contributed by atoms with E-state index in [2.05, 4.69) is 15.6 Å². The molecule has 0 atom stereocenters. The molecule has 0 spiro atoms. The minimum atomic E-state index is 0.158. The van der Waals surface area contributed by atoms with Gasteiger partial charge < -0.3 is 25.0 Å². The second-order valence-electron chi connectivity index (χ2n) is 7.45. The number of carbonyl (C=O) groups is 1. The van der Waals surface area contributed by atoms with Gasteiger partial charge in [0.1, 0.15) is 0 Å². The van der Waals surface area contributed by atoms with Crippen molar-refractivity contribution in [2.24, 2.45) is 4.99 Å². The molecule has 168 valence electrons. The Bertz CT molecular complexity index is 683. The van der Waals surface area contributed by atoms with Gasteiger partial charge in [-0.25, -0.2) is 4.99 Å². The zero-order valence-electron chi connectivity index (χ0n) is 19.0. The molecule has 0 radical (unpaired) electrons. The van der Waals surface area contributed by atoms with Crippen molar-refractivity contribution in [3.63, 3.8) is 0 Å². The van der Waals surface area contributed by atoms with Gasteiger partial charge in [-0.1, -0.05) is 6.07 Å². The number of amides is 1. The third-order valence-corrected chi connectivity index (χ3v) is 5.34. The van der Waals surface area contributed by atoms with Crippen LogP contribution in [-0.2, 0) is 11.3 Å². The highest BCUT2D eigenvalue weighted by Gasteiger charge is 2.18. The Morgan fingerprint density at radius 1 is 1.13 bits per heavy atom. The summed E-state index contributed by atoms with van der Waals surface area (Å²) in [5, 5.41) is 6.48. The van der Waals surface area contributed by atoms with E-state index in [1.165, 1.54) is 12.8 Å². The van der Waals surface area contributed by atoms with Crippen molar-refractivity contribution in [2.45, 2.75) is 65.5 Å². The standard InChI is InChI=1S/C23H38N4O3/c1-5-24-23(25-15-14-22(28)27(6-2)7-3)26-17-18-12-13-20(21(16-18)29-4)30-19-10-8-9-11-19/h12-13,16,19H,5-11,14-15,17H2,1-4H3,(H2,24,25,26). The van der Waals surface area contributed by atoms with E-state index in [9.17, 15) is 4.79 Å². The number of carbonyl (C=O) groups excluding carboxylic acids is 1. The van der Waals surface area contributed by atoms with Crippen molar-refractivity contribution in [2.75, 3.05) is 33.3 Å². The summed E-state index contributed by atoms with van der Waals surface area (Å²) in [6.45, 7) is 9.33. The number of benzene rings is 1. The van der Waals surface area contributed by atoms with Crippen molar-refractivity contribution < 1.29 is 14.3 Å². The lowest BCUT2D eigenvalue weighted by Gasteiger charge is -2.19. The topological polar surface area (TPSA) is 75.2 Å². The van der Waals surface area contributed by atoms with Crippen LogP contribution in [0, 0.1) is 0 Å². The summed E-state index contributed by atoms with van der Waals surface area (Å²) < 4.78 is 11.6. The lowest BCUT2D eigenvalue weighted by Crippen LogP contribution is -2.40. The number of aliphatic imine (C=N–C) groups is 1. The molecule has 0 bridgehead atoms. The molecule has 7 nitrogen and oxygen atoms in total. The van der Waals surface area contributed by atoms with Gasteiger partial charge in [0.05, 0.1) is 19.8 Å². The molecule has 1 amide bonds. The van der Waals surface area contributed by atoms with Gasteiger partial charge in [-0.15, -0.1) is 0 Å². The average molecular weight is 419 g/mol. The normalized spacial score (nSPS) is 14.5. The molecule has 1 aromatic rings. The second-order valence-corrected chi connectivity index (χ2v) is 7.45. The Balaban J connectivity index is 1.93. The van der Waals surface area contributed by atoms with Gasteiger partial charge in [0.25, 0.3) is 0 Å². The summed E-state index contributed by atoms with van der Waals surface area (Å²) in [5.41, 5.74) is 1.04. The molecule has 0 aromatic heterocycles. The predicted molar refractivity (Wildman–Crippen MR) is 121 cm³/mol. The molecule has 1 fully saturated rings. The van der Waals surface area contributed by atoms with Crippen LogP contribution in [0.4, 0.5) is 0 Å². The van der Waals surface area contributed by atoms with Crippen molar-refractivity contribution in [1.29, 1.82) is 0 Å². The predicted octanol–water partition coefficient (Wildman–Crippen LogP) is 3.33. The van der Waals surface area contributed by atoms with Crippen LogP contribution in [0.1, 0.15) is 58.4 Å². The number of nitrogens with zero attached hydrogens (tertiary/aromatic N) is 2. The minimum Gasteiger partial charge on any atom is -0.493 e. The van der Waals surface area contributed by atoms with Crippen LogP contribution in [0.15, 0.2) is 23.2 Å². The van der Waals surface area contributed by atoms with Crippen molar-refractivity contribution in [1.82, 2.24) is 15.5 Å². The van der Waals surface area contributed by atoms with E-state index in [0.717, 1.165) is 49.5 Å². The van der Waals surface area contributed by atoms with Crippen LogP contribution < -0.4 is 20.1 Å². The fraction of sp³-hybridized carbons (Fsp3) is 0.652. The van der Waals surface area contributed by atoms with Crippen LogP contribution in [0.5, 0.6) is 11.5 Å². The summed E-state index contributed by atoms with van der Waals surface area (Å²) in [5.74, 6) is 2.41. The van der Waals surface area contributed by atoms with E-state index in [1.807, 2.05) is 43.9 Å². The Labute approximate surface area is 181 Å². The molecule has 2 rings (SSSR count). The van der Waals surface area contributed by atoms with E-state index in [0.29, 0.717) is 31.6 Å². The van der Waals surface area contributed by atoms with E-state index in [1.54, 1.807) is 7.11 Å². The number of ether oxygens (including phenoxy) is 2. The number of nitrogens with one attached hydrogen (secondary N) is 2. The summed E-state index contributed by atoms with van der Waals surface area (Å²) >= 11 is 0. The fourth-order valence-electron chi connectivity index (χ4n) is 3.63. The molecule has 7 heteroatoms. The molecule has 2 N–H and O–H groups in total. The summed E-state index contributed by atoms with van der Waals surface area (Å²) in [6, 6.07) is 6.00. The van der Waals surface area contributed by atoms with Crippen molar-refractivity contribution in [3.8, 4) is 11.5 Å². The maximum absolute atomic E-state index is 12.2. The van der Waals surface area contributed by atoms with Crippen LogP contribution in [0.3, 0.4) is 0 Å². The molecule has 0 unspecified atom stereocenters. The highest BCUT2D eigenvalue weighted by Crippen LogP contribution is 2.32. The molecule has 0 heterocycles. The van der Waals surface area contributed by atoms with E-state index in [4.69, 9.17) is 9.47 Å². The minimum absolute atomic E-state index is 0.158. The zero-order valence-corrected chi connectivity index (χ0v) is 19.0. The van der Waals surface area contributed by atoms with Gasteiger partial charge in [-0.3, -0.25) is 4.79 Å². The highest BCUT2D eigenvalue weighted by atomic mass is 16.5. The smallest absolute Gasteiger partial charge is 0.224 e. The molecule has 0 aliphatic heterocycles. The molecular formula is C23H38N4O3. The number of guanidine groups is 1. The zero-order chi connectivity index (χ0) is 21.8. The maximum atomic E-state index is 12.2. The monoisotopic (exact) mass is 418 g/mol. The number of methoxy groups -OCH3 is 1. The number of hydrogen-bond donors (Lipinski definition) is 2. The molecule has 1 aliphatic carbocycles. The van der Waals surface area contributed by atoms with Gasteiger partial charge in [0, 0.05) is 32.6 Å². The van der Waals surface area contributed by atoms with Gasteiger partial charge in [0.15, 0.2) is 17.5 Å². The Morgan fingerprint density at radius 2 is 1.87 bits per heavy atom. The molecule has 30 heavy (non-hydrogen) atoms. The largest absolute Gasteiger partial charge is 0.493 e. The Hall–Kier alpha value is -2.44. The van der Waals surface area contributed by atoms with Gasteiger partial charge in [-0.05, 0) is 64.2 Å². The molecule has 1 aliphatic rings. The molecule has 0 saturated heterocycles. The molecule has 1 aromatic carbocycles. The number of rotatable bonds is 11. The highest BCUT2D eigenvalue weighted by molar-refractivity contribution is 5.81. The fourth-order valence-corrected chi connectivity index (χ4v) is 3.63. The first-order valence-electron chi connectivity index (χ1n) is 11.2. The average Bonchev–Trinajstić information content (AvgIpc) is 3.26. The lowest BCUT2D eigenvalue weighted by atomic mass is 10.2. The third-order valence-electron chi connectivity index (χ3n) is 5.34. The summed E-state index contributed by atoms with van der Waals surface area (Å²) in [4.78, 5) is 18.6. The van der Waals surface area contributed by atoms with Gasteiger partial charge >= 0.3 is 0 Å². The first-order valence-corrected chi connectivity index (χ1v) is 11.2. The van der Waals surface area contributed by atoms with Crippen LogP contribution >= 0.6 is 0 Å².